The molecule has 0 saturated carbocycles. The Bertz CT molecular complexity index is 982. The summed E-state index contributed by atoms with van der Waals surface area (Å²) in [5.41, 5.74) is 3.53. The molecule has 0 atom stereocenters. The highest BCUT2D eigenvalue weighted by Crippen LogP contribution is 2.35. The largest absolute Gasteiger partial charge is 0.289 e. The lowest BCUT2D eigenvalue weighted by atomic mass is 9.94. The van der Waals surface area contributed by atoms with Gasteiger partial charge in [-0.15, -0.1) is 22.7 Å². The molecule has 0 spiro atoms. The second-order valence-electron chi connectivity index (χ2n) is 5.66. The fourth-order valence-corrected chi connectivity index (χ4v) is 5.36. The molecule has 0 aliphatic rings. The van der Waals surface area contributed by atoms with Crippen LogP contribution in [0.25, 0.3) is 20.9 Å². The molecule has 0 unspecified atom stereocenters. The number of hydrogen-bond acceptors (Lipinski definition) is 3. The molecule has 0 bridgehead atoms. The zero-order valence-electron chi connectivity index (χ0n) is 13.4. The minimum absolute atomic E-state index is 0.0776. The average molecular weight is 598 g/mol. The highest BCUT2D eigenvalue weighted by atomic mass is 127. The summed E-state index contributed by atoms with van der Waals surface area (Å²) < 4.78 is 2.13. The maximum absolute atomic E-state index is 13.6. The topological polar surface area (TPSA) is 17.1 Å². The van der Waals surface area contributed by atoms with Gasteiger partial charge in [0.05, 0.1) is 0 Å². The van der Waals surface area contributed by atoms with Crippen LogP contribution in [0, 0.1) is 7.14 Å². The molecule has 0 radical (unpaired) electrons. The first-order chi connectivity index (χ1) is 12.6. The number of ketones is 1. The quantitative estimate of drug-likeness (QED) is 0.175. The van der Waals surface area contributed by atoms with Crippen LogP contribution in [-0.4, -0.2) is 5.78 Å². The second-order valence-corrected chi connectivity index (χ2v) is 10.1. The van der Waals surface area contributed by atoms with Gasteiger partial charge < -0.3 is 0 Å². The fraction of sp³-hybridized carbons (Fsp3) is 0. The molecule has 1 nitrogen and oxygen atoms in total. The zero-order valence-corrected chi connectivity index (χ0v) is 19.4. The van der Waals surface area contributed by atoms with E-state index in [1.54, 1.807) is 22.7 Å². The van der Waals surface area contributed by atoms with Gasteiger partial charge in [0.2, 0.25) is 0 Å². The fourth-order valence-electron chi connectivity index (χ4n) is 2.85. The van der Waals surface area contributed by atoms with Crippen LogP contribution in [0.5, 0.6) is 0 Å². The molecule has 0 amide bonds. The summed E-state index contributed by atoms with van der Waals surface area (Å²) in [6.07, 6.45) is 0. The standard InChI is InChI=1S/C21H12I2OS2/c22-13-5-7-15(19-3-1-9-25-19)17(11-13)21(24)18-12-14(23)6-8-16(18)20-4-2-10-26-20/h1-12H. The van der Waals surface area contributed by atoms with Gasteiger partial charge >= 0.3 is 0 Å². The van der Waals surface area contributed by atoms with E-state index < -0.39 is 0 Å². The molecule has 4 aromatic rings. The minimum atomic E-state index is 0.0776. The van der Waals surface area contributed by atoms with Gasteiger partial charge in [-0.05, 0) is 92.3 Å². The maximum atomic E-state index is 13.6. The Labute approximate surface area is 187 Å². The van der Waals surface area contributed by atoms with Crippen molar-refractivity contribution < 1.29 is 4.79 Å². The highest BCUT2D eigenvalue weighted by Gasteiger charge is 2.20. The van der Waals surface area contributed by atoms with Gasteiger partial charge in [-0.1, -0.05) is 24.3 Å². The van der Waals surface area contributed by atoms with Gasteiger partial charge in [0, 0.05) is 39.1 Å². The average Bonchev–Trinajstić information content (AvgIpc) is 3.35. The molecule has 0 aliphatic heterocycles. The molecule has 2 aromatic heterocycles. The van der Waals surface area contributed by atoms with Crippen molar-refractivity contribution in [3.8, 4) is 20.9 Å². The predicted molar refractivity (Wildman–Crippen MR) is 128 cm³/mol. The third-order valence-electron chi connectivity index (χ3n) is 4.03. The summed E-state index contributed by atoms with van der Waals surface area (Å²) in [5, 5.41) is 4.09. The van der Waals surface area contributed by atoms with Crippen LogP contribution >= 0.6 is 67.9 Å². The molecule has 26 heavy (non-hydrogen) atoms. The van der Waals surface area contributed by atoms with Crippen molar-refractivity contribution in [2.75, 3.05) is 0 Å². The smallest absolute Gasteiger partial charge is 0.194 e. The van der Waals surface area contributed by atoms with E-state index in [0.29, 0.717) is 0 Å². The molecule has 0 N–H and O–H groups in total. The maximum Gasteiger partial charge on any atom is 0.194 e. The van der Waals surface area contributed by atoms with E-state index in [0.717, 1.165) is 39.1 Å². The Morgan fingerprint density at radius 1 is 0.692 bits per heavy atom. The lowest BCUT2D eigenvalue weighted by molar-refractivity contribution is 0.104. The van der Waals surface area contributed by atoms with E-state index in [1.807, 2.05) is 35.0 Å². The Balaban J connectivity index is 1.90. The molecule has 2 heterocycles. The second kappa shape index (κ2) is 7.92. The van der Waals surface area contributed by atoms with Gasteiger partial charge in [-0.2, -0.15) is 0 Å². The SMILES string of the molecule is O=C(c1cc(I)ccc1-c1cccs1)c1cc(I)ccc1-c1cccs1. The highest BCUT2D eigenvalue weighted by molar-refractivity contribution is 14.1. The van der Waals surface area contributed by atoms with Crippen LogP contribution in [0.3, 0.4) is 0 Å². The first-order valence-electron chi connectivity index (χ1n) is 7.85. The normalized spacial score (nSPS) is 10.8. The number of hydrogen-bond donors (Lipinski definition) is 0. The molecule has 0 aliphatic carbocycles. The minimum Gasteiger partial charge on any atom is -0.289 e. The van der Waals surface area contributed by atoms with Crippen molar-refractivity contribution in [1.82, 2.24) is 0 Å². The molecule has 4 rings (SSSR count). The molecule has 2 aromatic carbocycles. The summed E-state index contributed by atoms with van der Waals surface area (Å²) in [5.74, 6) is 0.0776. The number of rotatable bonds is 4. The third kappa shape index (κ3) is 3.67. The summed E-state index contributed by atoms with van der Waals surface area (Å²) >= 11 is 7.86. The summed E-state index contributed by atoms with van der Waals surface area (Å²) in [6, 6.07) is 20.4. The van der Waals surface area contributed by atoms with Gasteiger partial charge in [0.15, 0.2) is 5.78 Å². The van der Waals surface area contributed by atoms with Crippen molar-refractivity contribution in [2.24, 2.45) is 0 Å². The molecule has 5 heteroatoms. The predicted octanol–water partition coefficient (Wildman–Crippen LogP) is 7.58. The Kier molecular flexibility index (Phi) is 5.58. The number of benzene rings is 2. The van der Waals surface area contributed by atoms with Gasteiger partial charge in [0.1, 0.15) is 0 Å². The Hall–Kier alpha value is -1.03. The van der Waals surface area contributed by atoms with E-state index in [1.165, 1.54) is 0 Å². The van der Waals surface area contributed by atoms with Crippen LogP contribution in [0.1, 0.15) is 15.9 Å². The molecule has 0 fully saturated rings. The Morgan fingerprint density at radius 3 is 1.54 bits per heavy atom. The Morgan fingerprint density at radius 2 is 1.15 bits per heavy atom. The molecule has 128 valence electrons. The van der Waals surface area contributed by atoms with Crippen LogP contribution in [0.4, 0.5) is 0 Å². The van der Waals surface area contributed by atoms with Crippen LogP contribution in [-0.2, 0) is 0 Å². The van der Waals surface area contributed by atoms with E-state index in [9.17, 15) is 4.79 Å². The van der Waals surface area contributed by atoms with Crippen molar-refractivity contribution in [2.45, 2.75) is 0 Å². The monoisotopic (exact) mass is 598 g/mol. The first-order valence-corrected chi connectivity index (χ1v) is 11.8. The van der Waals surface area contributed by atoms with E-state index in [-0.39, 0.29) is 5.78 Å². The molecule has 0 saturated heterocycles. The summed E-state index contributed by atoms with van der Waals surface area (Å²) in [4.78, 5) is 15.8. The van der Waals surface area contributed by atoms with Gasteiger partial charge in [-0.3, -0.25) is 4.79 Å². The van der Waals surface area contributed by atoms with Crippen molar-refractivity contribution in [3.05, 3.63) is 89.7 Å². The lowest BCUT2D eigenvalue weighted by Gasteiger charge is -2.12. The summed E-state index contributed by atoms with van der Waals surface area (Å²) in [6.45, 7) is 0. The van der Waals surface area contributed by atoms with Crippen molar-refractivity contribution in [3.63, 3.8) is 0 Å². The number of carbonyl (C=O) groups excluding carboxylic acids is 1. The van der Waals surface area contributed by atoms with Gasteiger partial charge in [-0.25, -0.2) is 0 Å². The van der Waals surface area contributed by atoms with E-state index in [2.05, 4.69) is 81.6 Å². The van der Waals surface area contributed by atoms with Crippen LogP contribution < -0.4 is 0 Å². The number of halogens is 2. The molecular formula is C21H12I2OS2. The lowest BCUT2D eigenvalue weighted by Crippen LogP contribution is -2.06. The number of carbonyl (C=O) groups is 1. The number of thiophene rings is 2. The van der Waals surface area contributed by atoms with E-state index >= 15 is 0 Å². The van der Waals surface area contributed by atoms with Crippen molar-refractivity contribution >= 4 is 73.6 Å². The zero-order chi connectivity index (χ0) is 18.1. The van der Waals surface area contributed by atoms with Crippen LogP contribution in [0.15, 0.2) is 71.4 Å². The van der Waals surface area contributed by atoms with Crippen LogP contribution in [0.2, 0.25) is 0 Å². The summed E-state index contributed by atoms with van der Waals surface area (Å²) in [7, 11) is 0. The van der Waals surface area contributed by atoms with Crippen molar-refractivity contribution in [1.29, 1.82) is 0 Å². The first kappa shape index (κ1) is 18.3. The van der Waals surface area contributed by atoms with E-state index in [4.69, 9.17) is 0 Å². The molecular weight excluding hydrogens is 586 g/mol. The third-order valence-corrected chi connectivity index (χ3v) is 7.17. The van der Waals surface area contributed by atoms with Gasteiger partial charge in [0.25, 0.3) is 0 Å².